The van der Waals surface area contributed by atoms with Crippen molar-refractivity contribution in [3.05, 3.63) is 0 Å². The Kier molecular flexibility index (Phi) is 7.59. The molecule has 10 heteroatoms. The molecule has 160 valence electrons. The molecule has 0 bridgehead atoms. The first kappa shape index (κ1) is 22.9. The lowest BCUT2D eigenvalue weighted by molar-refractivity contribution is -0.295. The monoisotopic (exact) mass is 395 g/mol. The predicted molar refractivity (Wildman–Crippen MR) is 92.6 cm³/mol. The summed E-state index contributed by atoms with van der Waals surface area (Å²) in [6.45, 7) is 5.02. The Hall–Kier alpha value is -0.400. The molecule has 0 saturated carbocycles. The molecule has 0 spiro atoms. The topological polar surface area (TPSA) is 164 Å². The zero-order chi connectivity index (χ0) is 20.5. The molecule has 2 fully saturated rings. The van der Waals surface area contributed by atoms with Crippen molar-refractivity contribution in [3.8, 4) is 0 Å². The molecule has 0 amide bonds. The summed E-state index contributed by atoms with van der Waals surface area (Å²) in [4.78, 5) is 0. The lowest BCUT2D eigenvalue weighted by atomic mass is 9.80. The van der Waals surface area contributed by atoms with Gasteiger partial charge in [-0.15, -0.1) is 0 Å². The van der Waals surface area contributed by atoms with E-state index in [1.54, 1.807) is 0 Å². The second-order valence-corrected chi connectivity index (χ2v) is 8.26. The summed E-state index contributed by atoms with van der Waals surface area (Å²) in [6.07, 6.45) is -9.34. The van der Waals surface area contributed by atoms with E-state index in [1.165, 1.54) is 7.11 Å². The number of rotatable bonds is 5. The van der Waals surface area contributed by atoms with Gasteiger partial charge in [0.2, 0.25) is 0 Å². The smallest absolute Gasteiger partial charge is 0.175 e. The predicted octanol–water partition coefficient (Wildman–Crippen LogP) is -2.68. The molecular formula is C17H33NO9. The molecule has 2 heterocycles. The largest absolute Gasteiger partial charge is 0.394 e. The second-order valence-electron chi connectivity index (χ2n) is 8.26. The summed E-state index contributed by atoms with van der Waals surface area (Å²) in [5.74, 6) is 0. The molecular weight excluding hydrogens is 362 g/mol. The summed E-state index contributed by atoms with van der Waals surface area (Å²) in [7, 11) is 1.39. The fourth-order valence-corrected chi connectivity index (χ4v) is 3.52. The van der Waals surface area contributed by atoms with Gasteiger partial charge in [-0.25, -0.2) is 0 Å². The Bertz CT molecular complexity index is 472. The van der Waals surface area contributed by atoms with Crippen molar-refractivity contribution >= 4 is 0 Å². The van der Waals surface area contributed by atoms with Crippen LogP contribution in [0.15, 0.2) is 0 Å². The van der Waals surface area contributed by atoms with E-state index in [2.05, 4.69) is 0 Å². The van der Waals surface area contributed by atoms with Crippen LogP contribution in [0.4, 0.5) is 0 Å². The first-order chi connectivity index (χ1) is 12.5. The van der Waals surface area contributed by atoms with E-state index in [0.29, 0.717) is 0 Å². The van der Waals surface area contributed by atoms with Crippen LogP contribution in [0.1, 0.15) is 20.8 Å². The fourth-order valence-electron chi connectivity index (χ4n) is 3.52. The van der Waals surface area contributed by atoms with Gasteiger partial charge < -0.3 is 50.2 Å². The maximum absolute atomic E-state index is 10.4. The van der Waals surface area contributed by atoms with Crippen LogP contribution in [0, 0.1) is 5.41 Å². The maximum atomic E-state index is 10.4. The number of aliphatic hydroxyl groups is 5. The van der Waals surface area contributed by atoms with Crippen LogP contribution in [0.5, 0.6) is 0 Å². The highest BCUT2D eigenvalue weighted by molar-refractivity contribution is 4.97. The van der Waals surface area contributed by atoms with E-state index in [9.17, 15) is 25.5 Å². The molecule has 2 saturated heterocycles. The minimum absolute atomic E-state index is 0.103. The Balaban J connectivity index is 2.07. The van der Waals surface area contributed by atoms with Crippen LogP contribution in [0.25, 0.3) is 0 Å². The van der Waals surface area contributed by atoms with Crippen molar-refractivity contribution in [1.82, 2.24) is 0 Å². The van der Waals surface area contributed by atoms with Crippen molar-refractivity contribution in [3.63, 3.8) is 0 Å². The first-order valence-corrected chi connectivity index (χ1v) is 9.07. The van der Waals surface area contributed by atoms with Gasteiger partial charge in [-0.1, -0.05) is 20.8 Å². The average Bonchev–Trinajstić information content (AvgIpc) is 2.60. The Morgan fingerprint density at radius 3 is 2.07 bits per heavy atom. The third-order valence-corrected chi connectivity index (χ3v) is 5.16. The van der Waals surface area contributed by atoms with Gasteiger partial charge in [-0.2, -0.15) is 0 Å². The Morgan fingerprint density at radius 1 is 0.926 bits per heavy atom. The molecule has 0 aromatic heterocycles. The Labute approximate surface area is 158 Å². The van der Waals surface area contributed by atoms with Crippen LogP contribution in [0.3, 0.4) is 0 Å². The molecule has 4 unspecified atom stereocenters. The van der Waals surface area contributed by atoms with E-state index in [4.69, 9.17) is 24.7 Å². The molecule has 0 aliphatic carbocycles. The van der Waals surface area contributed by atoms with Crippen molar-refractivity contribution in [1.29, 1.82) is 0 Å². The summed E-state index contributed by atoms with van der Waals surface area (Å²) < 4.78 is 22.3. The lowest BCUT2D eigenvalue weighted by Gasteiger charge is -2.47. The van der Waals surface area contributed by atoms with Gasteiger partial charge in [0.05, 0.1) is 25.4 Å². The fraction of sp³-hybridized carbons (Fsp3) is 1.00. The zero-order valence-corrected chi connectivity index (χ0v) is 16.1. The zero-order valence-electron chi connectivity index (χ0n) is 16.1. The standard InChI is InChI=1S/C17H33NO9/c1-17(2,3)15-13(23)12(22)14(24-4)8(26-15)6-25-16-9(18)11(21)10(20)7(5-19)27-16/h7-16,19-23H,5-6,18H2,1-4H3/t7?,8?,9?,10-,11-,12-,13?,14-,15-,16-/m1/s1. The summed E-state index contributed by atoms with van der Waals surface area (Å²) in [5, 5.41) is 49.9. The number of hydrogen-bond acceptors (Lipinski definition) is 10. The molecule has 10 atom stereocenters. The van der Waals surface area contributed by atoms with Gasteiger partial charge in [0.25, 0.3) is 0 Å². The molecule has 2 aliphatic heterocycles. The Morgan fingerprint density at radius 2 is 1.56 bits per heavy atom. The minimum Gasteiger partial charge on any atom is -0.394 e. The van der Waals surface area contributed by atoms with E-state index in [0.717, 1.165) is 0 Å². The number of methoxy groups -OCH3 is 1. The van der Waals surface area contributed by atoms with Crippen LogP contribution >= 0.6 is 0 Å². The summed E-state index contributed by atoms with van der Waals surface area (Å²) in [6, 6.07) is -1.04. The number of hydrogen-bond donors (Lipinski definition) is 6. The highest BCUT2D eigenvalue weighted by atomic mass is 16.7. The van der Waals surface area contributed by atoms with Crippen molar-refractivity contribution < 1.29 is 44.5 Å². The minimum atomic E-state index is -1.33. The highest BCUT2D eigenvalue weighted by Crippen LogP contribution is 2.34. The van der Waals surface area contributed by atoms with E-state index in [1.807, 2.05) is 20.8 Å². The van der Waals surface area contributed by atoms with Crippen LogP contribution in [-0.2, 0) is 18.9 Å². The van der Waals surface area contributed by atoms with E-state index in [-0.39, 0.29) is 6.61 Å². The molecule has 10 nitrogen and oxygen atoms in total. The van der Waals surface area contributed by atoms with Gasteiger partial charge in [-0.05, 0) is 5.41 Å². The van der Waals surface area contributed by atoms with Gasteiger partial charge in [0, 0.05) is 7.11 Å². The van der Waals surface area contributed by atoms with Gasteiger partial charge in [-0.3, -0.25) is 0 Å². The third kappa shape index (κ3) is 4.78. The molecule has 0 aromatic carbocycles. The maximum Gasteiger partial charge on any atom is 0.175 e. The number of aliphatic hydroxyl groups excluding tert-OH is 5. The molecule has 7 N–H and O–H groups in total. The molecule has 27 heavy (non-hydrogen) atoms. The molecule has 0 aromatic rings. The summed E-state index contributed by atoms with van der Waals surface area (Å²) >= 11 is 0. The van der Waals surface area contributed by atoms with Crippen molar-refractivity contribution in [2.24, 2.45) is 11.1 Å². The molecule has 0 radical (unpaired) electrons. The highest BCUT2D eigenvalue weighted by Gasteiger charge is 2.49. The van der Waals surface area contributed by atoms with Crippen LogP contribution < -0.4 is 5.73 Å². The van der Waals surface area contributed by atoms with Crippen LogP contribution in [-0.4, -0.2) is 107 Å². The number of nitrogens with two attached hydrogens (primary N) is 1. The van der Waals surface area contributed by atoms with Gasteiger partial charge in [0.15, 0.2) is 6.29 Å². The van der Waals surface area contributed by atoms with Gasteiger partial charge >= 0.3 is 0 Å². The van der Waals surface area contributed by atoms with E-state index >= 15 is 0 Å². The van der Waals surface area contributed by atoms with Crippen LogP contribution in [0.2, 0.25) is 0 Å². The first-order valence-electron chi connectivity index (χ1n) is 9.07. The second kappa shape index (κ2) is 8.95. The molecule has 2 aliphatic rings. The third-order valence-electron chi connectivity index (χ3n) is 5.16. The van der Waals surface area contributed by atoms with Crippen molar-refractivity contribution in [2.75, 3.05) is 20.3 Å². The number of ether oxygens (including phenoxy) is 4. The normalized spacial score (nSPS) is 46.4. The van der Waals surface area contributed by atoms with Gasteiger partial charge in [0.1, 0.15) is 42.7 Å². The summed E-state index contributed by atoms with van der Waals surface area (Å²) in [5.41, 5.74) is 5.41. The molecule has 2 rings (SSSR count). The quantitative estimate of drug-likeness (QED) is 0.289. The average molecular weight is 395 g/mol. The van der Waals surface area contributed by atoms with E-state index < -0.39 is 73.2 Å². The van der Waals surface area contributed by atoms with Crippen molar-refractivity contribution in [2.45, 2.75) is 81.9 Å². The SMILES string of the molecule is CO[C@@H]1C(CO[C@@H]2OC(CO)[C@@H](O)[C@H](O)C2N)O[C@@H](C(C)(C)C)C(O)[C@H]1O. The lowest BCUT2D eigenvalue weighted by Crippen LogP contribution is -2.64.